The highest BCUT2D eigenvalue weighted by Gasteiger charge is 2.11. The second kappa shape index (κ2) is 7.27. The molecule has 0 amide bonds. The summed E-state index contributed by atoms with van der Waals surface area (Å²) in [6, 6.07) is 5.85. The lowest BCUT2D eigenvalue weighted by Gasteiger charge is -2.13. The monoisotopic (exact) mass is 263 g/mol. The zero-order chi connectivity index (χ0) is 14.3. The molecule has 2 heterocycles. The number of aryl methyl sites for hydroxylation is 1. The molecule has 102 valence electrons. The molecule has 2 rings (SSSR count). The molecule has 0 saturated carbocycles. The van der Waals surface area contributed by atoms with E-state index in [1.165, 1.54) is 0 Å². The third-order valence-corrected chi connectivity index (χ3v) is 2.53. The first kappa shape index (κ1) is 14.8. The van der Waals surface area contributed by atoms with Gasteiger partial charge in [-0.05, 0) is 26.0 Å². The van der Waals surface area contributed by atoms with Crippen LogP contribution in [0.4, 0.5) is 0 Å². The fourth-order valence-corrected chi connectivity index (χ4v) is 1.62. The minimum atomic E-state index is -0.250. The molecular formula is C13H17N3O3. The van der Waals surface area contributed by atoms with Crippen molar-refractivity contribution in [1.82, 2.24) is 14.5 Å². The molecule has 0 aliphatic heterocycles. The maximum absolute atomic E-state index is 9.16. The Morgan fingerprint density at radius 3 is 2.74 bits per heavy atom. The summed E-state index contributed by atoms with van der Waals surface area (Å²) < 4.78 is 1.93. The van der Waals surface area contributed by atoms with Crippen molar-refractivity contribution in [3.63, 3.8) is 0 Å². The van der Waals surface area contributed by atoms with Crippen molar-refractivity contribution in [2.75, 3.05) is 6.61 Å². The maximum Gasteiger partial charge on any atom is 0.290 e. The molecule has 0 bridgehead atoms. The van der Waals surface area contributed by atoms with Crippen LogP contribution in [0.2, 0.25) is 0 Å². The van der Waals surface area contributed by atoms with Gasteiger partial charge in [-0.3, -0.25) is 4.79 Å². The van der Waals surface area contributed by atoms with E-state index in [1.54, 1.807) is 6.20 Å². The van der Waals surface area contributed by atoms with Gasteiger partial charge in [-0.2, -0.15) is 0 Å². The number of hydrogen-bond donors (Lipinski definition) is 2. The van der Waals surface area contributed by atoms with E-state index >= 15 is 0 Å². The van der Waals surface area contributed by atoms with Crippen molar-refractivity contribution in [1.29, 1.82) is 0 Å². The molecule has 0 radical (unpaired) electrons. The summed E-state index contributed by atoms with van der Waals surface area (Å²) in [7, 11) is 0. The Morgan fingerprint density at radius 1 is 1.47 bits per heavy atom. The second-order valence-electron chi connectivity index (χ2n) is 3.96. The van der Waals surface area contributed by atoms with Gasteiger partial charge in [-0.1, -0.05) is 6.07 Å². The van der Waals surface area contributed by atoms with Gasteiger partial charge >= 0.3 is 0 Å². The van der Waals surface area contributed by atoms with Gasteiger partial charge in [0.1, 0.15) is 5.69 Å². The lowest BCUT2D eigenvalue weighted by Crippen LogP contribution is -2.10. The largest absolute Gasteiger partial charge is 0.483 e. The first-order valence-electron chi connectivity index (χ1n) is 5.79. The normalized spacial score (nSPS) is 11.3. The van der Waals surface area contributed by atoms with Gasteiger partial charge in [0.15, 0.2) is 5.82 Å². The van der Waals surface area contributed by atoms with Crippen molar-refractivity contribution in [2.24, 2.45) is 0 Å². The van der Waals surface area contributed by atoms with E-state index in [9.17, 15) is 0 Å². The zero-order valence-electron chi connectivity index (χ0n) is 10.9. The number of aliphatic hydroxyl groups excluding tert-OH is 1. The Morgan fingerprint density at radius 2 is 2.16 bits per heavy atom. The SMILES string of the molecule is Cc1cccc(-c2nccn2C(C)CO)n1.O=CO. The molecule has 2 aromatic heterocycles. The molecule has 2 aromatic rings. The standard InChI is InChI=1S/C12H15N3O.CH2O2/c1-9-4-3-5-11(14-9)12-13-6-7-15(12)10(2)8-16;2-1-3/h3-7,10,16H,8H2,1-2H3;1H,(H,2,3). The Hall–Kier alpha value is -2.21. The summed E-state index contributed by atoms with van der Waals surface area (Å²) in [5.74, 6) is 0.797. The van der Waals surface area contributed by atoms with Crippen molar-refractivity contribution in [2.45, 2.75) is 19.9 Å². The van der Waals surface area contributed by atoms with Crippen LogP contribution in [-0.4, -0.2) is 37.8 Å². The quantitative estimate of drug-likeness (QED) is 0.819. The predicted octanol–water partition coefficient (Wildman–Crippen LogP) is 1.51. The molecule has 1 unspecified atom stereocenters. The number of hydrogen-bond acceptors (Lipinski definition) is 4. The van der Waals surface area contributed by atoms with Gasteiger partial charge < -0.3 is 14.8 Å². The van der Waals surface area contributed by atoms with Crippen LogP contribution in [0.5, 0.6) is 0 Å². The minimum absolute atomic E-state index is 0.0137. The predicted molar refractivity (Wildman–Crippen MR) is 70.7 cm³/mol. The van der Waals surface area contributed by atoms with Crippen LogP contribution < -0.4 is 0 Å². The Kier molecular flexibility index (Phi) is 5.69. The number of imidazole rings is 1. The van der Waals surface area contributed by atoms with Crippen LogP contribution in [-0.2, 0) is 4.79 Å². The lowest BCUT2D eigenvalue weighted by atomic mass is 10.3. The van der Waals surface area contributed by atoms with Crippen LogP contribution >= 0.6 is 0 Å². The molecule has 1 atom stereocenters. The molecule has 0 aliphatic rings. The summed E-state index contributed by atoms with van der Waals surface area (Å²) in [5.41, 5.74) is 1.80. The van der Waals surface area contributed by atoms with E-state index in [1.807, 2.05) is 42.8 Å². The van der Waals surface area contributed by atoms with Gasteiger partial charge in [0, 0.05) is 18.1 Å². The van der Waals surface area contributed by atoms with E-state index in [4.69, 9.17) is 15.0 Å². The summed E-state index contributed by atoms with van der Waals surface area (Å²) in [5, 5.41) is 16.1. The average Bonchev–Trinajstić information content (AvgIpc) is 2.88. The van der Waals surface area contributed by atoms with Crippen LogP contribution in [0.1, 0.15) is 18.7 Å². The van der Waals surface area contributed by atoms with E-state index in [2.05, 4.69) is 9.97 Å². The average molecular weight is 263 g/mol. The molecular weight excluding hydrogens is 246 g/mol. The number of carbonyl (C=O) groups is 1. The second-order valence-corrected chi connectivity index (χ2v) is 3.96. The molecule has 0 saturated heterocycles. The molecule has 6 heteroatoms. The Labute approximate surface area is 111 Å². The first-order valence-corrected chi connectivity index (χ1v) is 5.79. The molecule has 0 fully saturated rings. The van der Waals surface area contributed by atoms with Crippen molar-refractivity contribution >= 4 is 6.47 Å². The fraction of sp³-hybridized carbons (Fsp3) is 0.308. The number of rotatable bonds is 3. The number of carboxylic acid groups (broad SMARTS) is 1. The van der Waals surface area contributed by atoms with Gasteiger partial charge in [-0.25, -0.2) is 9.97 Å². The topological polar surface area (TPSA) is 88.2 Å². The number of aromatic nitrogens is 3. The summed E-state index contributed by atoms with van der Waals surface area (Å²) >= 11 is 0. The molecule has 0 aliphatic carbocycles. The van der Waals surface area contributed by atoms with Crippen LogP contribution in [0.15, 0.2) is 30.6 Å². The Balaban J connectivity index is 0.000000550. The number of nitrogens with zero attached hydrogens (tertiary/aromatic N) is 3. The highest BCUT2D eigenvalue weighted by atomic mass is 16.3. The van der Waals surface area contributed by atoms with Gasteiger partial charge in [0.2, 0.25) is 0 Å². The molecule has 19 heavy (non-hydrogen) atoms. The maximum atomic E-state index is 9.16. The molecule has 6 nitrogen and oxygen atoms in total. The molecule has 2 N–H and O–H groups in total. The van der Waals surface area contributed by atoms with E-state index in [0.717, 1.165) is 17.2 Å². The highest BCUT2D eigenvalue weighted by Crippen LogP contribution is 2.19. The molecule has 0 aromatic carbocycles. The van der Waals surface area contributed by atoms with Crippen LogP contribution in [0, 0.1) is 6.92 Å². The van der Waals surface area contributed by atoms with E-state index in [-0.39, 0.29) is 19.1 Å². The minimum Gasteiger partial charge on any atom is -0.483 e. The smallest absolute Gasteiger partial charge is 0.290 e. The van der Waals surface area contributed by atoms with Gasteiger partial charge in [0.05, 0.1) is 12.6 Å². The summed E-state index contributed by atoms with van der Waals surface area (Å²) in [6.07, 6.45) is 3.59. The number of aliphatic hydroxyl groups is 1. The number of pyridine rings is 1. The van der Waals surface area contributed by atoms with Gasteiger partial charge in [-0.15, -0.1) is 0 Å². The lowest BCUT2D eigenvalue weighted by molar-refractivity contribution is -0.122. The zero-order valence-corrected chi connectivity index (χ0v) is 10.9. The first-order chi connectivity index (χ1) is 9.13. The Bertz CT molecular complexity index is 525. The van der Waals surface area contributed by atoms with E-state index < -0.39 is 0 Å². The van der Waals surface area contributed by atoms with Gasteiger partial charge in [0.25, 0.3) is 6.47 Å². The summed E-state index contributed by atoms with van der Waals surface area (Å²) in [6.45, 7) is 3.74. The third-order valence-electron chi connectivity index (χ3n) is 2.53. The fourth-order valence-electron chi connectivity index (χ4n) is 1.62. The van der Waals surface area contributed by atoms with Crippen molar-refractivity contribution in [3.8, 4) is 11.5 Å². The van der Waals surface area contributed by atoms with E-state index in [0.29, 0.717) is 0 Å². The molecule has 0 spiro atoms. The van der Waals surface area contributed by atoms with Crippen LogP contribution in [0.25, 0.3) is 11.5 Å². The van der Waals surface area contributed by atoms with Crippen molar-refractivity contribution < 1.29 is 15.0 Å². The highest BCUT2D eigenvalue weighted by molar-refractivity contribution is 5.50. The third kappa shape index (κ3) is 3.89. The van der Waals surface area contributed by atoms with Crippen molar-refractivity contribution in [3.05, 3.63) is 36.3 Å². The van der Waals surface area contributed by atoms with Crippen LogP contribution in [0.3, 0.4) is 0 Å². The summed E-state index contributed by atoms with van der Waals surface area (Å²) in [4.78, 5) is 17.1.